The molecule has 2 aromatic carbocycles. The van der Waals surface area contributed by atoms with Crippen molar-refractivity contribution in [3.63, 3.8) is 0 Å². The van der Waals surface area contributed by atoms with Crippen LogP contribution in [0.25, 0.3) is 21.3 Å². The van der Waals surface area contributed by atoms with Crippen molar-refractivity contribution < 1.29 is 9.18 Å². The third kappa shape index (κ3) is 3.55. The zero-order valence-electron chi connectivity index (χ0n) is 16.3. The molecule has 0 bridgehead atoms. The van der Waals surface area contributed by atoms with Crippen molar-refractivity contribution in [3.05, 3.63) is 83.5 Å². The first-order valence-corrected chi connectivity index (χ1v) is 10.8. The Labute approximate surface area is 178 Å². The average Bonchev–Trinajstić information content (AvgIpc) is 3.33. The average molecular weight is 418 g/mol. The standard InChI is InChI=1S/C24H20FN3OS/c25-19-9-6-18(7-10-19)24(29)28-14-12-27(13-15-28)22-11-8-17-3-1-4-20(23(17)26-22)21-5-2-16-30-21/h1-11,16H,12-15H2. The van der Waals surface area contributed by atoms with E-state index in [1.807, 2.05) is 4.90 Å². The van der Waals surface area contributed by atoms with Gasteiger partial charge in [0, 0.05) is 47.6 Å². The topological polar surface area (TPSA) is 36.4 Å². The van der Waals surface area contributed by atoms with Gasteiger partial charge >= 0.3 is 0 Å². The van der Waals surface area contributed by atoms with E-state index in [1.54, 1.807) is 23.5 Å². The van der Waals surface area contributed by atoms with E-state index in [-0.39, 0.29) is 11.7 Å². The van der Waals surface area contributed by atoms with Crippen LogP contribution < -0.4 is 4.90 Å². The largest absolute Gasteiger partial charge is 0.353 e. The monoisotopic (exact) mass is 417 g/mol. The van der Waals surface area contributed by atoms with E-state index in [0.29, 0.717) is 31.7 Å². The van der Waals surface area contributed by atoms with E-state index >= 15 is 0 Å². The lowest BCUT2D eigenvalue weighted by Gasteiger charge is -2.35. The number of benzene rings is 2. The second-order valence-corrected chi connectivity index (χ2v) is 8.26. The SMILES string of the molecule is O=C(c1ccc(F)cc1)N1CCN(c2ccc3cccc(-c4cccs4)c3n2)CC1. The highest BCUT2D eigenvalue weighted by molar-refractivity contribution is 7.13. The molecule has 0 radical (unpaired) electrons. The van der Waals surface area contributed by atoms with Gasteiger partial charge in [0.2, 0.25) is 0 Å². The zero-order chi connectivity index (χ0) is 20.5. The van der Waals surface area contributed by atoms with Gasteiger partial charge in [-0.15, -0.1) is 11.3 Å². The van der Waals surface area contributed by atoms with Crippen molar-refractivity contribution in [2.24, 2.45) is 0 Å². The van der Waals surface area contributed by atoms with Gasteiger partial charge in [-0.2, -0.15) is 0 Å². The number of fused-ring (bicyclic) bond motifs is 1. The molecule has 0 unspecified atom stereocenters. The summed E-state index contributed by atoms with van der Waals surface area (Å²) in [6, 6.07) is 20.4. The highest BCUT2D eigenvalue weighted by Gasteiger charge is 2.23. The number of piperazine rings is 1. The smallest absolute Gasteiger partial charge is 0.253 e. The van der Waals surface area contributed by atoms with Crippen molar-refractivity contribution in [2.75, 3.05) is 31.1 Å². The summed E-state index contributed by atoms with van der Waals surface area (Å²) in [5.41, 5.74) is 2.67. The summed E-state index contributed by atoms with van der Waals surface area (Å²) in [6.07, 6.45) is 0. The Balaban J connectivity index is 1.35. The summed E-state index contributed by atoms with van der Waals surface area (Å²) in [6.45, 7) is 2.66. The van der Waals surface area contributed by atoms with Crippen LogP contribution in [0, 0.1) is 5.82 Å². The summed E-state index contributed by atoms with van der Waals surface area (Å²) in [4.78, 5) is 22.9. The van der Waals surface area contributed by atoms with Crippen LogP contribution in [0.1, 0.15) is 10.4 Å². The normalized spacial score (nSPS) is 14.3. The molecular formula is C24H20FN3OS. The minimum atomic E-state index is -0.333. The van der Waals surface area contributed by atoms with Crippen molar-refractivity contribution in [1.82, 2.24) is 9.88 Å². The van der Waals surface area contributed by atoms with Crippen LogP contribution in [0.4, 0.5) is 10.2 Å². The highest BCUT2D eigenvalue weighted by atomic mass is 32.1. The van der Waals surface area contributed by atoms with Crippen LogP contribution in [0.15, 0.2) is 72.1 Å². The number of amides is 1. The molecule has 1 aliphatic heterocycles. The van der Waals surface area contributed by atoms with Gasteiger partial charge in [0.15, 0.2) is 0 Å². The van der Waals surface area contributed by atoms with E-state index in [9.17, 15) is 9.18 Å². The van der Waals surface area contributed by atoms with Crippen molar-refractivity contribution in [1.29, 1.82) is 0 Å². The number of halogens is 1. The number of pyridine rings is 1. The summed E-state index contributed by atoms with van der Waals surface area (Å²) < 4.78 is 13.1. The third-order valence-corrected chi connectivity index (χ3v) is 6.38. The molecule has 0 saturated carbocycles. The van der Waals surface area contributed by atoms with Gasteiger partial charge in [0.05, 0.1) is 5.52 Å². The Morgan fingerprint density at radius 1 is 0.900 bits per heavy atom. The molecule has 1 aliphatic rings. The van der Waals surface area contributed by atoms with Crippen LogP contribution in [0.3, 0.4) is 0 Å². The molecule has 30 heavy (non-hydrogen) atoms. The number of hydrogen-bond acceptors (Lipinski definition) is 4. The number of hydrogen-bond donors (Lipinski definition) is 0. The predicted octanol–water partition coefficient (Wildman–Crippen LogP) is 5.06. The summed E-state index contributed by atoms with van der Waals surface area (Å²) in [7, 11) is 0. The van der Waals surface area contributed by atoms with Gasteiger partial charge in [0.25, 0.3) is 5.91 Å². The summed E-state index contributed by atoms with van der Waals surface area (Å²) in [5.74, 6) is 0.544. The quantitative estimate of drug-likeness (QED) is 0.467. The number of thiophene rings is 1. The predicted molar refractivity (Wildman–Crippen MR) is 120 cm³/mol. The molecule has 0 N–H and O–H groups in total. The van der Waals surface area contributed by atoms with E-state index in [2.05, 4.69) is 52.7 Å². The Bertz CT molecular complexity index is 1180. The Kier molecular flexibility index (Phi) is 4.93. The molecule has 0 atom stereocenters. The van der Waals surface area contributed by atoms with E-state index in [0.717, 1.165) is 22.3 Å². The van der Waals surface area contributed by atoms with E-state index in [1.165, 1.54) is 17.0 Å². The van der Waals surface area contributed by atoms with Gasteiger partial charge < -0.3 is 9.80 Å². The van der Waals surface area contributed by atoms with Crippen LogP contribution in [-0.2, 0) is 0 Å². The molecule has 3 heterocycles. The van der Waals surface area contributed by atoms with Gasteiger partial charge in [-0.05, 0) is 47.8 Å². The lowest BCUT2D eigenvalue weighted by molar-refractivity contribution is 0.0746. The fourth-order valence-corrected chi connectivity index (χ4v) is 4.61. The molecule has 0 spiro atoms. The maximum atomic E-state index is 13.1. The molecule has 2 aromatic heterocycles. The fraction of sp³-hybridized carbons (Fsp3) is 0.167. The van der Waals surface area contributed by atoms with Gasteiger partial charge in [-0.25, -0.2) is 9.37 Å². The second-order valence-electron chi connectivity index (χ2n) is 7.31. The molecule has 150 valence electrons. The van der Waals surface area contributed by atoms with Crippen molar-refractivity contribution >= 4 is 34.0 Å². The van der Waals surface area contributed by atoms with Crippen LogP contribution in [0.2, 0.25) is 0 Å². The first kappa shape index (κ1) is 18.8. The van der Waals surface area contributed by atoms with Crippen LogP contribution in [-0.4, -0.2) is 42.0 Å². The molecule has 4 aromatic rings. The van der Waals surface area contributed by atoms with Gasteiger partial charge in [-0.3, -0.25) is 4.79 Å². The van der Waals surface area contributed by atoms with Gasteiger partial charge in [-0.1, -0.05) is 24.3 Å². The molecule has 1 fully saturated rings. The number of carbonyl (C=O) groups excluding carboxylic acids is 1. The first-order chi connectivity index (χ1) is 14.7. The lowest BCUT2D eigenvalue weighted by Crippen LogP contribution is -2.49. The molecular weight excluding hydrogens is 397 g/mol. The maximum absolute atomic E-state index is 13.1. The zero-order valence-corrected chi connectivity index (χ0v) is 17.1. The summed E-state index contributed by atoms with van der Waals surface area (Å²) in [5, 5.41) is 3.20. The molecule has 1 saturated heterocycles. The maximum Gasteiger partial charge on any atom is 0.253 e. The Morgan fingerprint density at radius 3 is 2.43 bits per heavy atom. The second kappa shape index (κ2) is 7.88. The number of carbonyl (C=O) groups is 1. The molecule has 1 amide bonds. The van der Waals surface area contributed by atoms with Crippen molar-refractivity contribution in [3.8, 4) is 10.4 Å². The van der Waals surface area contributed by atoms with Gasteiger partial charge in [0.1, 0.15) is 11.6 Å². The number of nitrogens with zero attached hydrogens (tertiary/aromatic N) is 3. The number of anilines is 1. The number of rotatable bonds is 3. The molecule has 6 heteroatoms. The third-order valence-electron chi connectivity index (χ3n) is 5.47. The molecule has 0 aliphatic carbocycles. The van der Waals surface area contributed by atoms with E-state index in [4.69, 9.17) is 4.98 Å². The minimum Gasteiger partial charge on any atom is -0.353 e. The van der Waals surface area contributed by atoms with Crippen LogP contribution >= 0.6 is 11.3 Å². The number of aromatic nitrogens is 1. The molecule has 5 rings (SSSR count). The Hall–Kier alpha value is -3.25. The Morgan fingerprint density at radius 2 is 1.70 bits per heavy atom. The van der Waals surface area contributed by atoms with Crippen LogP contribution in [0.5, 0.6) is 0 Å². The highest BCUT2D eigenvalue weighted by Crippen LogP contribution is 2.32. The van der Waals surface area contributed by atoms with E-state index < -0.39 is 0 Å². The fourth-order valence-electron chi connectivity index (χ4n) is 3.86. The number of para-hydroxylation sites is 1. The molecule has 4 nitrogen and oxygen atoms in total. The first-order valence-electron chi connectivity index (χ1n) is 9.92. The summed E-state index contributed by atoms with van der Waals surface area (Å²) >= 11 is 1.71. The minimum absolute atomic E-state index is 0.0545. The van der Waals surface area contributed by atoms with Crippen molar-refractivity contribution in [2.45, 2.75) is 0 Å². The lowest BCUT2D eigenvalue weighted by atomic mass is 10.1.